The molecule has 3 aromatic carbocycles. The molecule has 4 rings (SSSR count). The topological polar surface area (TPSA) is 87.4 Å². The maximum Gasteiger partial charge on any atom is 0.335 e. The molecule has 1 heterocycles. The van der Waals surface area contributed by atoms with Gasteiger partial charge in [-0.05, 0) is 54.1 Å². The van der Waals surface area contributed by atoms with Crippen molar-refractivity contribution < 1.29 is 15.0 Å². The van der Waals surface area contributed by atoms with E-state index in [-0.39, 0.29) is 17.5 Å². The Bertz CT molecular complexity index is 1090. The highest BCUT2D eigenvalue weighted by molar-refractivity contribution is 5.88. The van der Waals surface area contributed by atoms with Crippen molar-refractivity contribution in [3.63, 3.8) is 0 Å². The minimum Gasteiger partial charge on any atom is -0.508 e. The van der Waals surface area contributed by atoms with Crippen molar-refractivity contribution in [2.45, 2.75) is 6.17 Å². The Morgan fingerprint density at radius 2 is 1.67 bits per heavy atom. The Kier molecular flexibility index (Phi) is 4.22. The number of aromatic carboxylic acids is 1. The highest BCUT2D eigenvalue weighted by Crippen LogP contribution is 2.27. The number of nitrogens with one attached hydrogen (secondary N) is 1. The van der Waals surface area contributed by atoms with Crippen LogP contribution in [-0.2, 0) is 0 Å². The fourth-order valence-corrected chi connectivity index (χ4v) is 3.02. The van der Waals surface area contributed by atoms with Gasteiger partial charge in [0.05, 0.1) is 22.9 Å². The molecule has 1 unspecified atom stereocenters. The number of carboxylic acid groups (broad SMARTS) is 1. The number of hydrogen-bond donors (Lipinski definition) is 3. The molecule has 6 nitrogen and oxygen atoms in total. The molecular formula is C21H17N3O3. The minimum absolute atomic E-state index is 0.193. The molecule has 0 aliphatic heterocycles. The lowest BCUT2D eigenvalue weighted by molar-refractivity contribution is 0.0697. The number of carbonyl (C=O) groups is 1. The number of carboxylic acids is 1. The Hall–Kier alpha value is -3.80. The molecule has 134 valence electrons. The summed E-state index contributed by atoms with van der Waals surface area (Å²) in [6.45, 7) is 0. The van der Waals surface area contributed by atoms with Gasteiger partial charge in [-0.1, -0.05) is 24.3 Å². The number of aromatic nitrogens is 2. The number of hydrogen-bond acceptors (Lipinski definition) is 4. The summed E-state index contributed by atoms with van der Waals surface area (Å²) >= 11 is 0. The van der Waals surface area contributed by atoms with Crippen molar-refractivity contribution in [3.8, 4) is 5.75 Å². The first-order chi connectivity index (χ1) is 13.1. The van der Waals surface area contributed by atoms with Gasteiger partial charge in [0.1, 0.15) is 11.9 Å². The number of benzene rings is 3. The summed E-state index contributed by atoms with van der Waals surface area (Å²) < 4.78 is 2.01. The Balaban J connectivity index is 1.76. The molecule has 0 saturated carbocycles. The summed E-state index contributed by atoms with van der Waals surface area (Å²) in [7, 11) is 0. The van der Waals surface area contributed by atoms with Gasteiger partial charge in [-0.2, -0.15) is 0 Å². The maximum atomic E-state index is 11.1. The molecule has 0 saturated heterocycles. The molecule has 1 atom stereocenters. The molecule has 0 radical (unpaired) electrons. The van der Waals surface area contributed by atoms with E-state index in [2.05, 4.69) is 10.3 Å². The van der Waals surface area contributed by atoms with Crippen LogP contribution >= 0.6 is 0 Å². The SMILES string of the molecule is O=C(O)c1ccc(NC(c2ccc(O)cc2)n2cnc3ccccc32)cc1. The van der Waals surface area contributed by atoms with Gasteiger partial charge in [0.15, 0.2) is 0 Å². The van der Waals surface area contributed by atoms with E-state index < -0.39 is 5.97 Å². The fourth-order valence-electron chi connectivity index (χ4n) is 3.02. The van der Waals surface area contributed by atoms with Gasteiger partial charge in [0, 0.05) is 5.69 Å². The first-order valence-electron chi connectivity index (χ1n) is 8.42. The number of phenols is 1. The zero-order chi connectivity index (χ0) is 18.8. The molecule has 4 aromatic rings. The van der Waals surface area contributed by atoms with Crippen molar-refractivity contribution in [3.05, 3.63) is 90.3 Å². The van der Waals surface area contributed by atoms with Gasteiger partial charge in [-0.25, -0.2) is 9.78 Å². The Morgan fingerprint density at radius 3 is 2.37 bits per heavy atom. The molecule has 0 aliphatic rings. The first-order valence-corrected chi connectivity index (χ1v) is 8.42. The van der Waals surface area contributed by atoms with Crippen LogP contribution in [0.4, 0.5) is 5.69 Å². The van der Waals surface area contributed by atoms with Gasteiger partial charge in [-0.15, -0.1) is 0 Å². The molecule has 3 N–H and O–H groups in total. The van der Waals surface area contributed by atoms with E-state index in [0.717, 1.165) is 22.3 Å². The first kappa shape index (κ1) is 16.7. The van der Waals surface area contributed by atoms with E-state index in [1.807, 2.05) is 41.0 Å². The predicted octanol–water partition coefficient (Wildman–Crippen LogP) is 4.10. The van der Waals surface area contributed by atoms with E-state index >= 15 is 0 Å². The van der Waals surface area contributed by atoms with Crippen LogP contribution in [0.2, 0.25) is 0 Å². The third-order valence-corrected chi connectivity index (χ3v) is 4.40. The van der Waals surface area contributed by atoms with Gasteiger partial charge >= 0.3 is 5.97 Å². The standard InChI is InChI=1S/C21H17N3O3/c25-17-11-7-14(8-12-17)20(23-16-9-5-15(6-10-16)21(26)27)24-13-22-18-3-1-2-4-19(18)24/h1-13,20,23,25H,(H,26,27). The van der Waals surface area contributed by atoms with Crippen LogP contribution in [0.25, 0.3) is 11.0 Å². The summed E-state index contributed by atoms with van der Waals surface area (Å²) in [4.78, 5) is 15.5. The van der Waals surface area contributed by atoms with Crippen LogP contribution in [0, 0.1) is 0 Å². The molecule has 0 aliphatic carbocycles. The lowest BCUT2D eigenvalue weighted by atomic mass is 10.1. The van der Waals surface area contributed by atoms with E-state index in [4.69, 9.17) is 5.11 Å². The quantitative estimate of drug-likeness (QED) is 0.499. The molecule has 0 bridgehead atoms. The zero-order valence-electron chi connectivity index (χ0n) is 14.3. The van der Waals surface area contributed by atoms with Crippen LogP contribution in [0.1, 0.15) is 22.1 Å². The number of imidazole rings is 1. The summed E-state index contributed by atoms with van der Waals surface area (Å²) in [6.07, 6.45) is 1.48. The molecule has 0 fully saturated rings. The predicted molar refractivity (Wildman–Crippen MR) is 103 cm³/mol. The maximum absolute atomic E-state index is 11.1. The van der Waals surface area contributed by atoms with Crippen LogP contribution < -0.4 is 5.32 Å². The molecular weight excluding hydrogens is 342 g/mol. The number of aromatic hydroxyl groups is 1. The number of rotatable bonds is 5. The second-order valence-electron chi connectivity index (χ2n) is 6.16. The molecule has 0 spiro atoms. The van der Waals surface area contributed by atoms with Crippen molar-refractivity contribution in [2.75, 3.05) is 5.32 Å². The fraction of sp³-hybridized carbons (Fsp3) is 0.0476. The van der Waals surface area contributed by atoms with E-state index in [1.54, 1.807) is 42.7 Å². The Morgan fingerprint density at radius 1 is 0.963 bits per heavy atom. The van der Waals surface area contributed by atoms with E-state index in [0.29, 0.717) is 0 Å². The average Bonchev–Trinajstić information content (AvgIpc) is 3.11. The van der Waals surface area contributed by atoms with Crippen LogP contribution in [0.5, 0.6) is 5.75 Å². The third kappa shape index (κ3) is 3.32. The number of fused-ring (bicyclic) bond motifs is 1. The average molecular weight is 359 g/mol. The van der Waals surface area contributed by atoms with Crippen molar-refractivity contribution in [2.24, 2.45) is 0 Å². The van der Waals surface area contributed by atoms with Crippen molar-refractivity contribution in [1.82, 2.24) is 9.55 Å². The van der Waals surface area contributed by atoms with E-state index in [9.17, 15) is 9.90 Å². The summed E-state index contributed by atoms with van der Waals surface area (Å²) in [5.74, 6) is -0.768. The second-order valence-corrected chi connectivity index (χ2v) is 6.16. The molecule has 27 heavy (non-hydrogen) atoms. The van der Waals surface area contributed by atoms with Gasteiger partial charge in [0.25, 0.3) is 0 Å². The lowest BCUT2D eigenvalue weighted by Gasteiger charge is -2.23. The highest BCUT2D eigenvalue weighted by atomic mass is 16.4. The largest absolute Gasteiger partial charge is 0.508 e. The summed E-state index contributed by atoms with van der Waals surface area (Å²) in [5.41, 5.74) is 3.78. The number of phenolic OH excluding ortho intramolecular Hbond substituents is 1. The van der Waals surface area contributed by atoms with Gasteiger partial charge in [0.2, 0.25) is 0 Å². The number of nitrogens with zero attached hydrogens (tertiary/aromatic N) is 2. The van der Waals surface area contributed by atoms with Crippen LogP contribution in [0.3, 0.4) is 0 Å². The van der Waals surface area contributed by atoms with Crippen LogP contribution in [0.15, 0.2) is 79.1 Å². The number of para-hydroxylation sites is 2. The summed E-state index contributed by atoms with van der Waals surface area (Å²) in [5, 5.41) is 22.1. The van der Waals surface area contributed by atoms with Gasteiger partial charge in [-0.3, -0.25) is 0 Å². The molecule has 1 aromatic heterocycles. The Labute approximate surface area is 155 Å². The molecule has 0 amide bonds. The summed E-state index contributed by atoms with van der Waals surface area (Å²) in [6, 6.07) is 21.4. The lowest BCUT2D eigenvalue weighted by Crippen LogP contribution is -2.19. The van der Waals surface area contributed by atoms with Gasteiger partial charge < -0.3 is 20.1 Å². The third-order valence-electron chi connectivity index (χ3n) is 4.40. The normalized spacial score (nSPS) is 12.0. The van der Waals surface area contributed by atoms with Crippen molar-refractivity contribution >= 4 is 22.7 Å². The highest BCUT2D eigenvalue weighted by Gasteiger charge is 2.16. The minimum atomic E-state index is -0.961. The smallest absolute Gasteiger partial charge is 0.335 e. The number of anilines is 1. The van der Waals surface area contributed by atoms with Crippen LogP contribution in [-0.4, -0.2) is 25.7 Å². The zero-order valence-corrected chi connectivity index (χ0v) is 14.3. The molecule has 6 heteroatoms. The van der Waals surface area contributed by atoms with E-state index in [1.165, 1.54) is 0 Å². The monoisotopic (exact) mass is 359 g/mol. The van der Waals surface area contributed by atoms with Crippen molar-refractivity contribution in [1.29, 1.82) is 0 Å². The second kappa shape index (κ2) is 6.84.